The zero-order valence-electron chi connectivity index (χ0n) is 22.4. The number of nitrogens with one attached hydrogen (secondary N) is 2. The molecule has 4 aromatic rings. The van der Waals surface area contributed by atoms with Crippen LogP contribution in [0.4, 0.5) is 5.69 Å². The van der Waals surface area contributed by atoms with E-state index in [1.807, 2.05) is 49.4 Å². The molecule has 41 heavy (non-hydrogen) atoms. The second kappa shape index (κ2) is 14.0. The summed E-state index contributed by atoms with van der Waals surface area (Å²) in [4.78, 5) is 24.9. The lowest BCUT2D eigenvalue weighted by Gasteiger charge is -2.21. The number of benzene rings is 4. The molecule has 10 heteroatoms. The standard InChI is InChI=1S/C31H30N4O5S/c1-24-12-16-27(17-13-24)33-31(37)23-40-28-18-14-25(15-19-28)20-32-34-30(36)22-35(21-26-8-4-2-5-9-26)41(38,39)29-10-6-3-7-11-29/h2-20H,21-23H2,1H3,(H,33,37)(H,34,36)/b32-20-. The minimum atomic E-state index is -3.93. The predicted molar refractivity (Wildman–Crippen MR) is 158 cm³/mol. The molecule has 0 saturated carbocycles. The van der Waals surface area contributed by atoms with Gasteiger partial charge in [0.05, 0.1) is 17.7 Å². The van der Waals surface area contributed by atoms with Gasteiger partial charge in [-0.15, -0.1) is 0 Å². The lowest BCUT2D eigenvalue weighted by atomic mass is 10.2. The highest BCUT2D eigenvalue weighted by molar-refractivity contribution is 7.89. The summed E-state index contributed by atoms with van der Waals surface area (Å²) < 4.78 is 33.2. The van der Waals surface area contributed by atoms with Crippen molar-refractivity contribution in [3.05, 3.63) is 126 Å². The van der Waals surface area contributed by atoms with Crippen LogP contribution in [0.25, 0.3) is 0 Å². The first-order chi connectivity index (χ1) is 19.8. The van der Waals surface area contributed by atoms with Gasteiger partial charge in [-0.1, -0.05) is 66.2 Å². The van der Waals surface area contributed by atoms with E-state index in [-0.39, 0.29) is 24.0 Å². The third-order valence-corrected chi connectivity index (χ3v) is 7.70. The summed E-state index contributed by atoms with van der Waals surface area (Å²) in [5.41, 5.74) is 5.60. The van der Waals surface area contributed by atoms with Gasteiger partial charge in [0.15, 0.2) is 6.61 Å². The Hall–Kier alpha value is -4.80. The Bertz CT molecular complexity index is 1580. The maximum absolute atomic E-state index is 13.3. The number of hydrogen-bond acceptors (Lipinski definition) is 6. The summed E-state index contributed by atoms with van der Waals surface area (Å²) in [5, 5.41) is 6.73. The van der Waals surface area contributed by atoms with Gasteiger partial charge in [0, 0.05) is 12.2 Å². The highest BCUT2D eigenvalue weighted by atomic mass is 32.2. The fourth-order valence-corrected chi connectivity index (χ4v) is 5.17. The molecule has 4 rings (SSSR count). The van der Waals surface area contributed by atoms with Crippen molar-refractivity contribution in [2.45, 2.75) is 18.4 Å². The van der Waals surface area contributed by atoms with E-state index in [1.165, 1.54) is 18.3 Å². The molecule has 4 aromatic carbocycles. The van der Waals surface area contributed by atoms with Crippen LogP contribution in [0, 0.1) is 6.92 Å². The molecule has 0 atom stereocenters. The molecule has 0 aromatic heterocycles. The van der Waals surface area contributed by atoms with Crippen LogP contribution in [0.2, 0.25) is 0 Å². The molecule has 0 unspecified atom stereocenters. The minimum absolute atomic E-state index is 0.0275. The molecule has 0 heterocycles. The van der Waals surface area contributed by atoms with Crippen molar-refractivity contribution >= 4 is 33.7 Å². The van der Waals surface area contributed by atoms with Crippen LogP contribution in [0.3, 0.4) is 0 Å². The molecule has 9 nitrogen and oxygen atoms in total. The van der Waals surface area contributed by atoms with Crippen molar-refractivity contribution in [1.82, 2.24) is 9.73 Å². The largest absolute Gasteiger partial charge is 0.484 e. The lowest BCUT2D eigenvalue weighted by Crippen LogP contribution is -2.39. The summed E-state index contributed by atoms with van der Waals surface area (Å²) in [7, 11) is -3.93. The Morgan fingerprint density at radius 3 is 2.12 bits per heavy atom. The van der Waals surface area contributed by atoms with Crippen molar-refractivity contribution in [2.24, 2.45) is 5.10 Å². The maximum Gasteiger partial charge on any atom is 0.262 e. The van der Waals surface area contributed by atoms with Gasteiger partial charge >= 0.3 is 0 Å². The molecular weight excluding hydrogens is 540 g/mol. The van der Waals surface area contributed by atoms with Crippen LogP contribution in [0.15, 0.2) is 119 Å². The van der Waals surface area contributed by atoms with Crippen molar-refractivity contribution in [3.63, 3.8) is 0 Å². The van der Waals surface area contributed by atoms with E-state index in [2.05, 4.69) is 15.8 Å². The summed E-state index contributed by atoms with van der Waals surface area (Å²) in [5.74, 6) is -0.373. The Morgan fingerprint density at radius 1 is 0.829 bits per heavy atom. The van der Waals surface area contributed by atoms with Gasteiger partial charge in [0.25, 0.3) is 11.8 Å². The van der Waals surface area contributed by atoms with E-state index >= 15 is 0 Å². The van der Waals surface area contributed by atoms with Gasteiger partial charge in [0.2, 0.25) is 10.0 Å². The number of carbonyl (C=O) groups excluding carboxylic acids is 2. The number of amides is 2. The van der Waals surface area contributed by atoms with Gasteiger partial charge in [0.1, 0.15) is 5.75 Å². The Kier molecular flexibility index (Phi) is 9.98. The Labute approximate surface area is 239 Å². The normalized spacial score (nSPS) is 11.4. The number of carbonyl (C=O) groups is 2. The Morgan fingerprint density at radius 2 is 1.46 bits per heavy atom. The Balaban J connectivity index is 1.31. The molecule has 0 aliphatic heterocycles. The zero-order valence-corrected chi connectivity index (χ0v) is 23.3. The lowest BCUT2D eigenvalue weighted by molar-refractivity contribution is -0.121. The smallest absolute Gasteiger partial charge is 0.262 e. The number of rotatable bonds is 12. The van der Waals surface area contributed by atoms with Crippen LogP contribution >= 0.6 is 0 Å². The van der Waals surface area contributed by atoms with Crippen LogP contribution in [0.5, 0.6) is 5.75 Å². The molecule has 2 amide bonds. The topological polar surface area (TPSA) is 117 Å². The number of ether oxygens (including phenoxy) is 1. The van der Waals surface area contributed by atoms with E-state index in [1.54, 1.807) is 54.6 Å². The summed E-state index contributed by atoms with van der Waals surface area (Å²) in [6.45, 7) is 1.43. The fraction of sp³-hybridized carbons (Fsp3) is 0.129. The number of nitrogens with zero attached hydrogens (tertiary/aromatic N) is 2. The summed E-state index contributed by atoms with van der Waals surface area (Å²) in [6.07, 6.45) is 1.43. The SMILES string of the molecule is Cc1ccc(NC(=O)COc2ccc(/C=N\NC(=O)CN(Cc3ccccc3)S(=O)(=O)c3ccccc3)cc2)cc1. The molecule has 0 saturated heterocycles. The van der Waals surface area contributed by atoms with Gasteiger partial charge in [-0.3, -0.25) is 9.59 Å². The van der Waals surface area contributed by atoms with E-state index in [9.17, 15) is 18.0 Å². The summed E-state index contributed by atoms with van der Waals surface area (Å²) in [6, 6.07) is 31.3. The van der Waals surface area contributed by atoms with Crippen molar-refractivity contribution in [1.29, 1.82) is 0 Å². The van der Waals surface area contributed by atoms with E-state index in [0.29, 0.717) is 17.0 Å². The monoisotopic (exact) mass is 570 g/mol. The molecule has 0 aliphatic carbocycles. The third kappa shape index (κ3) is 8.85. The molecule has 0 radical (unpaired) electrons. The maximum atomic E-state index is 13.3. The highest BCUT2D eigenvalue weighted by Crippen LogP contribution is 2.18. The van der Waals surface area contributed by atoms with E-state index in [4.69, 9.17) is 4.74 Å². The first-order valence-electron chi connectivity index (χ1n) is 12.8. The zero-order chi connectivity index (χ0) is 29.1. The van der Waals surface area contributed by atoms with Crippen molar-refractivity contribution < 1.29 is 22.7 Å². The quantitative estimate of drug-likeness (QED) is 0.194. The average molecular weight is 571 g/mol. The second-order valence-corrected chi connectivity index (χ2v) is 11.1. The van der Waals surface area contributed by atoms with E-state index < -0.39 is 22.5 Å². The average Bonchev–Trinajstić information content (AvgIpc) is 2.98. The number of hydrazone groups is 1. The molecule has 0 bridgehead atoms. The van der Waals surface area contributed by atoms with Crippen LogP contribution in [-0.2, 0) is 26.2 Å². The van der Waals surface area contributed by atoms with Crippen LogP contribution in [-0.4, -0.2) is 43.9 Å². The van der Waals surface area contributed by atoms with Crippen LogP contribution < -0.4 is 15.5 Å². The molecule has 0 aliphatic rings. The minimum Gasteiger partial charge on any atom is -0.484 e. The van der Waals surface area contributed by atoms with Crippen molar-refractivity contribution in [2.75, 3.05) is 18.5 Å². The molecular formula is C31H30N4O5S. The van der Waals surface area contributed by atoms with Gasteiger partial charge in [-0.2, -0.15) is 9.41 Å². The predicted octanol–water partition coefficient (Wildman–Crippen LogP) is 4.35. The number of sulfonamides is 1. The summed E-state index contributed by atoms with van der Waals surface area (Å²) >= 11 is 0. The van der Waals surface area contributed by atoms with Crippen molar-refractivity contribution in [3.8, 4) is 5.75 Å². The van der Waals surface area contributed by atoms with Gasteiger partial charge in [-0.25, -0.2) is 13.8 Å². The highest BCUT2D eigenvalue weighted by Gasteiger charge is 2.26. The molecule has 0 spiro atoms. The fourth-order valence-electron chi connectivity index (χ4n) is 3.76. The number of anilines is 1. The number of hydrogen-bond donors (Lipinski definition) is 2. The van der Waals surface area contributed by atoms with Gasteiger partial charge in [-0.05, 0) is 66.6 Å². The van der Waals surface area contributed by atoms with Gasteiger partial charge < -0.3 is 10.1 Å². The number of aryl methyl sites for hydroxylation is 1. The molecule has 2 N–H and O–H groups in total. The third-order valence-electron chi connectivity index (χ3n) is 5.89. The van der Waals surface area contributed by atoms with Crippen LogP contribution in [0.1, 0.15) is 16.7 Å². The second-order valence-electron chi connectivity index (χ2n) is 9.14. The first kappa shape index (κ1) is 29.2. The van der Waals surface area contributed by atoms with E-state index in [0.717, 1.165) is 15.4 Å². The molecule has 0 fully saturated rings. The molecule has 210 valence electrons. The first-order valence-corrected chi connectivity index (χ1v) is 14.2.